The average Bonchev–Trinajstić information content (AvgIpc) is 2.39. The van der Waals surface area contributed by atoms with Crippen molar-refractivity contribution in [3.63, 3.8) is 0 Å². The Balaban J connectivity index is 2.75. The first kappa shape index (κ1) is 15.3. The topological polar surface area (TPSA) is 108 Å². The van der Waals surface area contributed by atoms with Gasteiger partial charge in [-0.15, -0.1) is 0 Å². The molecule has 0 aromatic heterocycles. The zero-order chi connectivity index (χ0) is 14.1. The van der Waals surface area contributed by atoms with Gasteiger partial charge in [0.05, 0.1) is 18.8 Å². The Morgan fingerprint density at radius 1 is 1.00 bits per heavy atom. The molecule has 0 unspecified atom stereocenters. The Hall–Kier alpha value is -1.79. The van der Waals surface area contributed by atoms with Crippen LogP contribution in [-0.2, 0) is 0 Å². The third-order valence-corrected chi connectivity index (χ3v) is 2.36. The number of rotatable bonds is 9. The zero-order valence-electron chi connectivity index (χ0n) is 10.8. The molecular formula is C13H20N2O4. The minimum Gasteiger partial charge on any atom is -0.493 e. The summed E-state index contributed by atoms with van der Waals surface area (Å²) in [7, 11) is 0. The normalized spacial score (nSPS) is 10.2. The molecule has 5 N–H and O–H groups in total. The van der Waals surface area contributed by atoms with Crippen molar-refractivity contribution in [2.75, 3.05) is 26.3 Å². The molecule has 106 valence electrons. The van der Waals surface area contributed by atoms with Gasteiger partial charge >= 0.3 is 5.97 Å². The van der Waals surface area contributed by atoms with Crippen molar-refractivity contribution in [3.05, 3.63) is 23.8 Å². The number of benzene rings is 1. The van der Waals surface area contributed by atoms with E-state index in [2.05, 4.69) is 0 Å². The highest BCUT2D eigenvalue weighted by atomic mass is 16.5. The second kappa shape index (κ2) is 8.34. The van der Waals surface area contributed by atoms with E-state index in [0.717, 1.165) is 0 Å². The van der Waals surface area contributed by atoms with E-state index in [-0.39, 0.29) is 5.56 Å². The molecule has 0 aliphatic rings. The predicted molar refractivity (Wildman–Crippen MR) is 71.7 cm³/mol. The van der Waals surface area contributed by atoms with Crippen LogP contribution in [0.25, 0.3) is 0 Å². The third kappa shape index (κ3) is 5.58. The standard InChI is InChI=1S/C13H20N2O4/c14-3-1-5-18-11-7-10(13(16)17)8-12(9-11)19-6-2-4-15/h7-9H,1-6,14-15H2,(H,16,17). The summed E-state index contributed by atoms with van der Waals surface area (Å²) in [6, 6.07) is 4.60. The molecule has 0 atom stereocenters. The lowest BCUT2D eigenvalue weighted by atomic mass is 10.2. The van der Waals surface area contributed by atoms with E-state index >= 15 is 0 Å². The van der Waals surface area contributed by atoms with Crippen LogP contribution in [0.3, 0.4) is 0 Å². The molecule has 0 bridgehead atoms. The fourth-order valence-electron chi connectivity index (χ4n) is 1.41. The highest BCUT2D eigenvalue weighted by molar-refractivity contribution is 5.88. The second-order valence-corrected chi connectivity index (χ2v) is 3.98. The molecule has 0 spiro atoms. The smallest absolute Gasteiger partial charge is 0.335 e. The van der Waals surface area contributed by atoms with Crippen LogP contribution < -0.4 is 20.9 Å². The van der Waals surface area contributed by atoms with Gasteiger partial charge in [-0.05, 0) is 38.1 Å². The molecule has 0 radical (unpaired) electrons. The number of hydrogen-bond donors (Lipinski definition) is 3. The van der Waals surface area contributed by atoms with Crippen molar-refractivity contribution in [1.82, 2.24) is 0 Å². The molecule has 0 aliphatic heterocycles. The molecule has 0 aliphatic carbocycles. The molecule has 19 heavy (non-hydrogen) atoms. The Bertz CT molecular complexity index is 381. The lowest BCUT2D eigenvalue weighted by Gasteiger charge is -2.10. The molecule has 0 heterocycles. The molecule has 1 aromatic carbocycles. The van der Waals surface area contributed by atoms with Crippen LogP contribution in [0.2, 0.25) is 0 Å². The number of aromatic carboxylic acids is 1. The van der Waals surface area contributed by atoms with Crippen molar-refractivity contribution in [2.24, 2.45) is 11.5 Å². The number of carbonyl (C=O) groups is 1. The van der Waals surface area contributed by atoms with Gasteiger partial charge in [0.2, 0.25) is 0 Å². The Kier molecular flexibility index (Phi) is 6.70. The van der Waals surface area contributed by atoms with Crippen molar-refractivity contribution in [1.29, 1.82) is 0 Å². The number of carboxylic acids is 1. The summed E-state index contributed by atoms with van der Waals surface area (Å²) in [6.45, 7) is 1.95. The zero-order valence-corrected chi connectivity index (χ0v) is 10.8. The predicted octanol–water partition coefficient (Wildman–Crippen LogP) is 0.840. The summed E-state index contributed by atoms with van der Waals surface area (Å²) >= 11 is 0. The molecule has 0 saturated carbocycles. The fraction of sp³-hybridized carbons (Fsp3) is 0.462. The molecule has 0 fully saturated rings. The van der Waals surface area contributed by atoms with Crippen LogP contribution in [-0.4, -0.2) is 37.4 Å². The van der Waals surface area contributed by atoms with Gasteiger partial charge < -0.3 is 26.0 Å². The van der Waals surface area contributed by atoms with E-state index < -0.39 is 5.97 Å². The van der Waals surface area contributed by atoms with Crippen LogP contribution in [0.5, 0.6) is 11.5 Å². The summed E-state index contributed by atoms with van der Waals surface area (Å²) in [5.41, 5.74) is 10.9. The second-order valence-electron chi connectivity index (χ2n) is 3.98. The maximum absolute atomic E-state index is 11.0. The number of carboxylic acid groups (broad SMARTS) is 1. The van der Waals surface area contributed by atoms with Crippen molar-refractivity contribution >= 4 is 5.97 Å². The Morgan fingerprint density at radius 3 is 1.84 bits per heavy atom. The number of hydrogen-bond acceptors (Lipinski definition) is 5. The molecule has 1 rings (SSSR count). The van der Waals surface area contributed by atoms with Crippen LogP contribution in [0.15, 0.2) is 18.2 Å². The minimum absolute atomic E-state index is 0.132. The van der Waals surface area contributed by atoms with Crippen LogP contribution >= 0.6 is 0 Å². The van der Waals surface area contributed by atoms with Gasteiger partial charge in [0.1, 0.15) is 11.5 Å². The third-order valence-electron chi connectivity index (χ3n) is 2.36. The van der Waals surface area contributed by atoms with Gasteiger partial charge in [0.25, 0.3) is 0 Å². The van der Waals surface area contributed by atoms with Gasteiger partial charge in [-0.1, -0.05) is 0 Å². The molecule has 0 saturated heterocycles. The average molecular weight is 268 g/mol. The molecule has 0 amide bonds. The first-order valence-corrected chi connectivity index (χ1v) is 6.21. The van der Waals surface area contributed by atoms with Crippen LogP contribution in [0.1, 0.15) is 23.2 Å². The monoisotopic (exact) mass is 268 g/mol. The van der Waals surface area contributed by atoms with Crippen LogP contribution in [0, 0.1) is 0 Å². The van der Waals surface area contributed by atoms with Crippen LogP contribution in [0.4, 0.5) is 0 Å². The lowest BCUT2D eigenvalue weighted by Crippen LogP contribution is -2.08. The fourth-order valence-corrected chi connectivity index (χ4v) is 1.41. The minimum atomic E-state index is -1.02. The van der Waals surface area contributed by atoms with Crippen molar-refractivity contribution in [3.8, 4) is 11.5 Å². The Labute approximate surface area is 112 Å². The quantitative estimate of drug-likeness (QED) is 0.573. The van der Waals surface area contributed by atoms with E-state index in [1.165, 1.54) is 12.1 Å². The summed E-state index contributed by atoms with van der Waals surface area (Å²) in [6.07, 6.45) is 1.42. The molecule has 6 heteroatoms. The Morgan fingerprint density at radius 2 is 1.47 bits per heavy atom. The van der Waals surface area contributed by atoms with Gasteiger partial charge in [-0.3, -0.25) is 0 Å². The van der Waals surface area contributed by atoms with E-state index in [1.54, 1.807) is 6.07 Å². The summed E-state index contributed by atoms with van der Waals surface area (Å²) in [4.78, 5) is 11.0. The molecule has 6 nitrogen and oxygen atoms in total. The van der Waals surface area contributed by atoms with Gasteiger partial charge in [-0.25, -0.2) is 4.79 Å². The number of ether oxygens (including phenoxy) is 2. The van der Waals surface area contributed by atoms with E-state index in [1.807, 2.05) is 0 Å². The SMILES string of the molecule is NCCCOc1cc(OCCCN)cc(C(=O)O)c1. The first-order valence-electron chi connectivity index (χ1n) is 6.21. The summed E-state index contributed by atoms with van der Waals surface area (Å²) in [5, 5.41) is 9.03. The van der Waals surface area contributed by atoms with Gasteiger partial charge in [-0.2, -0.15) is 0 Å². The first-order chi connectivity index (χ1) is 9.17. The molecular weight excluding hydrogens is 248 g/mol. The lowest BCUT2D eigenvalue weighted by molar-refractivity contribution is 0.0695. The highest BCUT2D eigenvalue weighted by Crippen LogP contribution is 2.23. The maximum atomic E-state index is 11.0. The summed E-state index contributed by atoms with van der Waals surface area (Å²) in [5.74, 6) is -0.0832. The van der Waals surface area contributed by atoms with Gasteiger partial charge in [0.15, 0.2) is 0 Å². The van der Waals surface area contributed by atoms with E-state index in [9.17, 15) is 4.79 Å². The summed E-state index contributed by atoms with van der Waals surface area (Å²) < 4.78 is 10.9. The van der Waals surface area contributed by atoms with Crippen molar-refractivity contribution in [2.45, 2.75) is 12.8 Å². The largest absolute Gasteiger partial charge is 0.493 e. The van der Waals surface area contributed by atoms with E-state index in [4.69, 9.17) is 26.0 Å². The number of nitrogens with two attached hydrogens (primary N) is 2. The maximum Gasteiger partial charge on any atom is 0.335 e. The van der Waals surface area contributed by atoms with Gasteiger partial charge in [0, 0.05) is 6.07 Å². The van der Waals surface area contributed by atoms with Crippen molar-refractivity contribution < 1.29 is 19.4 Å². The highest BCUT2D eigenvalue weighted by Gasteiger charge is 2.08. The van der Waals surface area contributed by atoms with E-state index in [0.29, 0.717) is 50.6 Å². The molecule has 1 aromatic rings.